The van der Waals surface area contributed by atoms with Gasteiger partial charge in [-0.15, -0.1) is 0 Å². The average molecular weight is 286 g/mol. The van der Waals surface area contributed by atoms with Gasteiger partial charge in [0.15, 0.2) is 0 Å². The minimum atomic E-state index is -0.0734. The summed E-state index contributed by atoms with van der Waals surface area (Å²) in [6, 6.07) is 5.10. The van der Waals surface area contributed by atoms with E-state index in [1.807, 2.05) is 0 Å². The molecule has 0 unspecified atom stereocenters. The lowest BCUT2D eigenvalue weighted by atomic mass is 10.0. The van der Waals surface area contributed by atoms with E-state index >= 15 is 0 Å². The van der Waals surface area contributed by atoms with Crippen LogP contribution in [0.4, 0.5) is 0 Å². The molecule has 1 aromatic rings. The number of aliphatic hydroxyl groups is 1. The van der Waals surface area contributed by atoms with Crippen LogP contribution in [0.1, 0.15) is 5.56 Å². The van der Waals surface area contributed by atoms with Crippen LogP contribution in [0.2, 0.25) is 10.0 Å². The Kier molecular flexibility index (Phi) is 4.27. The van der Waals surface area contributed by atoms with Crippen molar-refractivity contribution < 1.29 is 9.90 Å². The van der Waals surface area contributed by atoms with Crippen LogP contribution in [-0.2, 0) is 4.79 Å². The van der Waals surface area contributed by atoms with Gasteiger partial charge in [-0.05, 0) is 29.8 Å². The molecule has 1 amide bonds. The third-order valence-corrected chi connectivity index (χ3v) is 3.47. The molecule has 0 saturated carbocycles. The summed E-state index contributed by atoms with van der Waals surface area (Å²) in [5, 5.41) is 10.0. The van der Waals surface area contributed by atoms with E-state index in [1.165, 1.54) is 6.08 Å². The molecule has 0 spiro atoms. The molecule has 0 aromatic heterocycles. The first kappa shape index (κ1) is 13.4. The zero-order chi connectivity index (χ0) is 13.1. The van der Waals surface area contributed by atoms with E-state index in [0.717, 1.165) is 5.56 Å². The number of halogens is 2. The first-order valence-electron chi connectivity index (χ1n) is 5.63. The fraction of sp³-hybridized carbons (Fsp3) is 0.308. The van der Waals surface area contributed by atoms with Gasteiger partial charge in [-0.1, -0.05) is 23.2 Å². The molecule has 1 aliphatic heterocycles. The number of carbonyl (C=O) groups excluding carboxylic acids is 1. The standard InChI is InChI=1S/C13H13Cl2NO2/c14-11-2-3-12(15)10(5-11)1-4-13(18)16-6-9(7-16)8-17/h1-5,9,17H,6-8H2. The molecule has 96 valence electrons. The quantitative estimate of drug-likeness (QED) is 0.867. The Morgan fingerprint density at radius 3 is 2.83 bits per heavy atom. The molecule has 3 nitrogen and oxygen atoms in total. The maximum atomic E-state index is 11.7. The van der Waals surface area contributed by atoms with Crippen molar-refractivity contribution in [1.82, 2.24) is 4.90 Å². The molecule has 2 rings (SSSR count). The average Bonchev–Trinajstić information content (AvgIpc) is 2.29. The number of rotatable bonds is 3. The van der Waals surface area contributed by atoms with Crippen LogP contribution in [0.5, 0.6) is 0 Å². The molecule has 0 bridgehead atoms. The van der Waals surface area contributed by atoms with Gasteiger partial charge in [0.2, 0.25) is 5.91 Å². The van der Waals surface area contributed by atoms with Gasteiger partial charge in [0.05, 0.1) is 0 Å². The smallest absolute Gasteiger partial charge is 0.246 e. The number of likely N-dealkylation sites (tertiary alicyclic amines) is 1. The molecule has 1 N–H and O–H groups in total. The van der Waals surface area contributed by atoms with E-state index in [0.29, 0.717) is 23.1 Å². The van der Waals surface area contributed by atoms with Gasteiger partial charge in [0, 0.05) is 41.7 Å². The summed E-state index contributed by atoms with van der Waals surface area (Å²) in [6.07, 6.45) is 3.13. The minimum Gasteiger partial charge on any atom is -0.396 e. The highest BCUT2D eigenvalue weighted by atomic mass is 35.5. The number of carbonyl (C=O) groups is 1. The van der Waals surface area contributed by atoms with Crippen LogP contribution in [0, 0.1) is 5.92 Å². The number of aliphatic hydroxyl groups excluding tert-OH is 1. The van der Waals surface area contributed by atoms with E-state index < -0.39 is 0 Å². The van der Waals surface area contributed by atoms with Crippen molar-refractivity contribution >= 4 is 35.2 Å². The fourth-order valence-electron chi connectivity index (χ4n) is 1.77. The van der Waals surface area contributed by atoms with E-state index in [9.17, 15) is 4.79 Å². The highest BCUT2D eigenvalue weighted by Crippen LogP contribution is 2.22. The topological polar surface area (TPSA) is 40.5 Å². The van der Waals surface area contributed by atoms with E-state index in [4.69, 9.17) is 28.3 Å². The lowest BCUT2D eigenvalue weighted by Crippen LogP contribution is -2.50. The van der Waals surface area contributed by atoms with Gasteiger partial charge in [-0.25, -0.2) is 0 Å². The monoisotopic (exact) mass is 285 g/mol. The minimum absolute atomic E-state index is 0.0734. The van der Waals surface area contributed by atoms with Crippen LogP contribution in [-0.4, -0.2) is 35.6 Å². The molecule has 18 heavy (non-hydrogen) atoms. The normalized spacial score (nSPS) is 16.1. The summed E-state index contributed by atoms with van der Waals surface area (Å²) >= 11 is 11.8. The number of nitrogens with zero attached hydrogens (tertiary/aromatic N) is 1. The first-order valence-corrected chi connectivity index (χ1v) is 6.38. The largest absolute Gasteiger partial charge is 0.396 e. The Morgan fingerprint density at radius 1 is 1.44 bits per heavy atom. The van der Waals surface area contributed by atoms with Gasteiger partial charge in [-0.3, -0.25) is 4.79 Å². The lowest BCUT2D eigenvalue weighted by Gasteiger charge is -2.37. The van der Waals surface area contributed by atoms with Crippen molar-refractivity contribution in [3.8, 4) is 0 Å². The van der Waals surface area contributed by atoms with Gasteiger partial charge in [0.25, 0.3) is 0 Å². The van der Waals surface area contributed by atoms with Crippen molar-refractivity contribution in [1.29, 1.82) is 0 Å². The summed E-state index contributed by atoms with van der Waals surface area (Å²) in [5.74, 6) is 0.146. The van der Waals surface area contributed by atoms with Crippen LogP contribution in [0.15, 0.2) is 24.3 Å². The van der Waals surface area contributed by atoms with Crippen LogP contribution >= 0.6 is 23.2 Å². The van der Waals surface area contributed by atoms with Gasteiger partial charge in [-0.2, -0.15) is 0 Å². The molecule has 1 fully saturated rings. The number of benzene rings is 1. The molecule has 1 heterocycles. The van der Waals surface area contributed by atoms with Crippen molar-refractivity contribution in [3.63, 3.8) is 0 Å². The maximum absolute atomic E-state index is 11.7. The molecule has 5 heteroatoms. The lowest BCUT2D eigenvalue weighted by molar-refractivity contribution is -0.132. The Hall–Kier alpha value is -1.03. The third kappa shape index (κ3) is 3.05. The number of amides is 1. The summed E-state index contributed by atoms with van der Waals surface area (Å²) < 4.78 is 0. The SMILES string of the molecule is O=C(C=Cc1cc(Cl)ccc1Cl)N1CC(CO)C1. The number of hydrogen-bond acceptors (Lipinski definition) is 2. The molecule has 1 saturated heterocycles. The first-order chi connectivity index (χ1) is 8.60. The van der Waals surface area contributed by atoms with Crippen molar-refractivity contribution in [2.24, 2.45) is 5.92 Å². The third-order valence-electron chi connectivity index (χ3n) is 2.89. The van der Waals surface area contributed by atoms with E-state index in [2.05, 4.69) is 0 Å². The summed E-state index contributed by atoms with van der Waals surface area (Å²) in [5.41, 5.74) is 0.719. The van der Waals surface area contributed by atoms with E-state index in [-0.39, 0.29) is 18.4 Å². The zero-order valence-corrected chi connectivity index (χ0v) is 11.2. The Bertz CT molecular complexity index is 482. The molecule has 0 radical (unpaired) electrons. The fourth-order valence-corrected chi connectivity index (χ4v) is 2.14. The van der Waals surface area contributed by atoms with E-state index in [1.54, 1.807) is 29.2 Å². The second-order valence-corrected chi connectivity index (χ2v) is 5.13. The van der Waals surface area contributed by atoms with Gasteiger partial charge in [0.1, 0.15) is 0 Å². The second-order valence-electron chi connectivity index (χ2n) is 4.29. The second kappa shape index (κ2) is 5.74. The zero-order valence-electron chi connectivity index (χ0n) is 9.64. The Labute approximate surface area is 116 Å². The van der Waals surface area contributed by atoms with Crippen molar-refractivity contribution in [2.45, 2.75) is 0 Å². The van der Waals surface area contributed by atoms with Crippen LogP contribution in [0.3, 0.4) is 0 Å². The molecular formula is C13H13Cl2NO2. The summed E-state index contributed by atoms with van der Waals surface area (Å²) in [6.45, 7) is 1.36. The number of hydrogen-bond donors (Lipinski definition) is 1. The predicted molar refractivity (Wildman–Crippen MR) is 72.7 cm³/mol. The molecule has 1 aliphatic rings. The van der Waals surface area contributed by atoms with Crippen molar-refractivity contribution in [2.75, 3.05) is 19.7 Å². The molecular weight excluding hydrogens is 273 g/mol. The van der Waals surface area contributed by atoms with Crippen LogP contribution < -0.4 is 0 Å². The van der Waals surface area contributed by atoms with Crippen LogP contribution in [0.25, 0.3) is 6.08 Å². The highest BCUT2D eigenvalue weighted by molar-refractivity contribution is 6.34. The molecule has 0 atom stereocenters. The molecule has 1 aromatic carbocycles. The summed E-state index contributed by atoms with van der Waals surface area (Å²) in [7, 11) is 0. The molecule has 0 aliphatic carbocycles. The van der Waals surface area contributed by atoms with Crippen molar-refractivity contribution in [3.05, 3.63) is 39.9 Å². The maximum Gasteiger partial charge on any atom is 0.246 e. The van der Waals surface area contributed by atoms with Gasteiger partial charge >= 0.3 is 0 Å². The predicted octanol–water partition coefficient (Wildman–Crippen LogP) is 2.46. The highest BCUT2D eigenvalue weighted by Gasteiger charge is 2.28. The Morgan fingerprint density at radius 2 is 2.17 bits per heavy atom. The summed E-state index contributed by atoms with van der Waals surface area (Å²) in [4.78, 5) is 13.4. The Balaban J connectivity index is 1.98. The van der Waals surface area contributed by atoms with Gasteiger partial charge < -0.3 is 10.0 Å².